The zero-order chi connectivity index (χ0) is 15.9. The maximum atomic E-state index is 12.4. The molecular formula is C17H23N3O2. The Morgan fingerprint density at radius 2 is 2.09 bits per heavy atom. The number of carbonyl (C=O) groups is 1. The summed E-state index contributed by atoms with van der Waals surface area (Å²) in [5.74, 6) is 0.0698. The van der Waals surface area contributed by atoms with Gasteiger partial charge < -0.3 is 14.5 Å². The van der Waals surface area contributed by atoms with Crippen LogP contribution in [0.1, 0.15) is 25.3 Å². The quantitative estimate of drug-likeness (QED) is 0.854. The molecule has 1 aliphatic rings. The van der Waals surface area contributed by atoms with E-state index >= 15 is 0 Å². The van der Waals surface area contributed by atoms with Gasteiger partial charge in [-0.1, -0.05) is 19.1 Å². The van der Waals surface area contributed by atoms with E-state index in [1.165, 1.54) is 0 Å². The first-order valence-corrected chi connectivity index (χ1v) is 7.77. The number of benzene rings is 1. The molecule has 1 aromatic carbocycles. The van der Waals surface area contributed by atoms with E-state index in [-0.39, 0.29) is 12.0 Å². The summed E-state index contributed by atoms with van der Waals surface area (Å²) in [5, 5.41) is 9.24. The number of anilines is 1. The second-order valence-electron chi connectivity index (χ2n) is 5.43. The van der Waals surface area contributed by atoms with E-state index in [1.54, 1.807) is 7.11 Å². The molecule has 0 aliphatic carbocycles. The van der Waals surface area contributed by atoms with Crippen molar-refractivity contribution in [3.05, 3.63) is 29.8 Å². The molecule has 5 nitrogen and oxygen atoms in total. The lowest BCUT2D eigenvalue weighted by molar-refractivity contribution is -0.141. The van der Waals surface area contributed by atoms with Crippen LogP contribution in [0, 0.1) is 11.3 Å². The summed E-state index contributed by atoms with van der Waals surface area (Å²) in [7, 11) is 1.58. The van der Waals surface area contributed by atoms with E-state index in [1.807, 2.05) is 36.1 Å². The Morgan fingerprint density at radius 1 is 1.32 bits per heavy atom. The molecule has 2 rings (SSSR count). The maximum Gasteiger partial charge on any atom is 0.251 e. The molecule has 0 unspecified atom stereocenters. The zero-order valence-electron chi connectivity index (χ0n) is 13.3. The van der Waals surface area contributed by atoms with Crippen molar-refractivity contribution in [1.29, 1.82) is 5.26 Å². The molecule has 1 heterocycles. The largest absolute Gasteiger partial charge is 0.372 e. The smallest absolute Gasteiger partial charge is 0.251 e. The molecule has 1 saturated heterocycles. The number of nitrogens with zero attached hydrogens (tertiary/aromatic N) is 3. The van der Waals surface area contributed by atoms with Gasteiger partial charge in [0.15, 0.2) is 0 Å². The molecule has 0 bridgehead atoms. The van der Waals surface area contributed by atoms with Gasteiger partial charge in [0.1, 0.15) is 12.2 Å². The van der Waals surface area contributed by atoms with Crippen LogP contribution < -0.4 is 4.90 Å². The number of rotatable bonds is 4. The fraction of sp³-hybridized carbons (Fsp3) is 0.529. The first kappa shape index (κ1) is 16.3. The number of hydrogen-bond donors (Lipinski definition) is 0. The van der Waals surface area contributed by atoms with E-state index in [4.69, 9.17) is 4.74 Å². The van der Waals surface area contributed by atoms with Gasteiger partial charge in [0.05, 0.1) is 11.3 Å². The molecule has 1 atom stereocenters. The van der Waals surface area contributed by atoms with Gasteiger partial charge in [0.25, 0.3) is 5.91 Å². The van der Waals surface area contributed by atoms with Crippen molar-refractivity contribution in [2.75, 3.05) is 38.2 Å². The molecule has 1 amide bonds. The second kappa shape index (κ2) is 7.81. The highest BCUT2D eigenvalue weighted by atomic mass is 16.5. The lowest BCUT2D eigenvalue weighted by Crippen LogP contribution is -2.42. The SMILES string of the molecule is CC[C@@H](OC)C(=O)N1CCCN(c2ccccc2C#N)CC1. The number of methoxy groups -OCH3 is 1. The topological polar surface area (TPSA) is 56.6 Å². The molecule has 0 saturated carbocycles. The minimum absolute atomic E-state index is 0.0698. The molecule has 118 valence electrons. The molecule has 0 aromatic heterocycles. The van der Waals surface area contributed by atoms with Crippen molar-refractivity contribution in [2.45, 2.75) is 25.9 Å². The van der Waals surface area contributed by atoms with Crippen molar-refractivity contribution < 1.29 is 9.53 Å². The number of para-hydroxylation sites is 1. The Hall–Kier alpha value is -2.06. The van der Waals surface area contributed by atoms with E-state index < -0.39 is 0 Å². The first-order valence-electron chi connectivity index (χ1n) is 7.77. The van der Waals surface area contributed by atoms with Gasteiger partial charge in [-0.05, 0) is 25.0 Å². The summed E-state index contributed by atoms with van der Waals surface area (Å²) in [4.78, 5) is 16.5. The van der Waals surface area contributed by atoms with Crippen molar-refractivity contribution in [1.82, 2.24) is 4.90 Å². The second-order valence-corrected chi connectivity index (χ2v) is 5.43. The fourth-order valence-corrected chi connectivity index (χ4v) is 2.87. The Labute approximate surface area is 132 Å². The summed E-state index contributed by atoms with van der Waals surface area (Å²) in [5.41, 5.74) is 1.64. The van der Waals surface area contributed by atoms with Crippen LogP contribution in [0.15, 0.2) is 24.3 Å². The standard InChI is InChI=1S/C17H23N3O2/c1-3-16(22-2)17(21)20-10-6-9-19(11-12-20)15-8-5-4-7-14(15)13-18/h4-5,7-8,16H,3,6,9-12H2,1-2H3/t16-/m1/s1. The van der Waals surface area contributed by atoms with Gasteiger partial charge in [0.2, 0.25) is 0 Å². The molecule has 0 radical (unpaired) electrons. The molecule has 5 heteroatoms. The van der Waals surface area contributed by atoms with Gasteiger partial charge >= 0.3 is 0 Å². The van der Waals surface area contributed by atoms with E-state index in [0.29, 0.717) is 18.5 Å². The molecular weight excluding hydrogens is 278 g/mol. The van der Waals surface area contributed by atoms with Crippen LogP contribution in [0.2, 0.25) is 0 Å². The van der Waals surface area contributed by atoms with Crippen LogP contribution in [0.25, 0.3) is 0 Å². The average Bonchev–Trinajstić information content (AvgIpc) is 2.81. The fourth-order valence-electron chi connectivity index (χ4n) is 2.87. The predicted octanol–water partition coefficient (Wildman–Crippen LogP) is 2.02. The van der Waals surface area contributed by atoms with Crippen molar-refractivity contribution in [3.63, 3.8) is 0 Å². The number of hydrogen-bond acceptors (Lipinski definition) is 4. The first-order chi connectivity index (χ1) is 10.7. The monoisotopic (exact) mass is 301 g/mol. The van der Waals surface area contributed by atoms with E-state index in [9.17, 15) is 10.1 Å². The highest BCUT2D eigenvalue weighted by molar-refractivity contribution is 5.81. The molecule has 0 N–H and O–H groups in total. The molecule has 1 aromatic rings. The van der Waals surface area contributed by atoms with Crippen molar-refractivity contribution in [3.8, 4) is 6.07 Å². The third-order valence-corrected chi connectivity index (χ3v) is 4.10. The third-order valence-electron chi connectivity index (χ3n) is 4.10. The maximum absolute atomic E-state index is 12.4. The van der Waals surface area contributed by atoms with Gasteiger partial charge in [0, 0.05) is 33.3 Å². The molecule has 0 spiro atoms. The number of amides is 1. The summed E-state index contributed by atoms with van der Waals surface area (Å²) >= 11 is 0. The summed E-state index contributed by atoms with van der Waals surface area (Å²) in [6.07, 6.45) is 1.23. The third kappa shape index (κ3) is 3.58. The van der Waals surface area contributed by atoms with Gasteiger partial charge in [-0.3, -0.25) is 4.79 Å². The minimum atomic E-state index is -0.349. The van der Waals surface area contributed by atoms with Crippen LogP contribution in [-0.4, -0.2) is 50.2 Å². The summed E-state index contributed by atoms with van der Waals surface area (Å²) in [6, 6.07) is 9.87. The predicted molar refractivity (Wildman–Crippen MR) is 85.7 cm³/mol. The lowest BCUT2D eigenvalue weighted by Gasteiger charge is -2.26. The lowest BCUT2D eigenvalue weighted by atomic mass is 10.1. The highest BCUT2D eigenvalue weighted by Gasteiger charge is 2.25. The van der Waals surface area contributed by atoms with Crippen LogP contribution in [0.3, 0.4) is 0 Å². The number of nitriles is 1. The summed E-state index contributed by atoms with van der Waals surface area (Å²) in [6.45, 7) is 4.96. The molecule has 1 fully saturated rings. The van der Waals surface area contributed by atoms with Crippen LogP contribution >= 0.6 is 0 Å². The number of ether oxygens (including phenoxy) is 1. The summed E-state index contributed by atoms with van der Waals surface area (Å²) < 4.78 is 5.26. The molecule has 22 heavy (non-hydrogen) atoms. The van der Waals surface area contributed by atoms with Gasteiger partial charge in [-0.15, -0.1) is 0 Å². The van der Waals surface area contributed by atoms with Gasteiger partial charge in [-0.25, -0.2) is 0 Å². The Morgan fingerprint density at radius 3 is 2.77 bits per heavy atom. The van der Waals surface area contributed by atoms with Crippen molar-refractivity contribution in [2.24, 2.45) is 0 Å². The Balaban J connectivity index is 2.07. The normalized spacial score (nSPS) is 16.8. The van der Waals surface area contributed by atoms with Gasteiger partial charge in [-0.2, -0.15) is 5.26 Å². The average molecular weight is 301 g/mol. The van der Waals surface area contributed by atoms with Crippen LogP contribution in [-0.2, 0) is 9.53 Å². The van der Waals surface area contributed by atoms with Crippen LogP contribution in [0.5, 0.6) is 0 Å². The number of carbonyl (C=O) groups excluding carboxylic acids is 1. The van der Waals surface area contributed by atoms with E-state index in [0.717, 1.165) is 31.7 Å². The Bertz CT molecular complexity index is 549. The van der Waals surface area contributed by atoms with Crippen LogP contribution in [0.4, 0.5) is 5.69 Å². The Kier molecular flexibility index (Phi) is 5.79. The zero-order valence-corrected chi connectivity index (χ0v) is 13.3. The minimum Gasteiger partial charge on any atom is -0.372 e. The van der Waals surface area contributed by atoms with Crippen molar-refractivity contribution >= 4 is 11.6 Å². The van der Waals surface area contributed by atoms with E-state index in [2.05, 4.69) is 11.0 Å². The highest BCUT2D eigenvalue weighted by Crippen LogP contribution is 2.21. The molecule has 1 aliphatic heterocycles.